The van der Waals surface area contributed by atoms with Crippen molar-refractivity contribution >= 4 is 5.91 Å². The van der Waals surface area contributed by atoms with Crippen LogP contribution in [0.1, 0.15) is 27.2 Å². The number of aliphatic hydroxyl groups excluding tert-OH is 1. The minimum absolute atomic E-state index is 0.164. The predicted octanol–water partition coefficient (Wildman–Crippen LogP) is 1.86. The van der Waals surface area contributed by atoms with Crippen LogP contribution in [0.5, 0.6) is 0 Å². The number of carbonyl (C=O) groups excluding carboxylic acids is 1. The largest absolute Gasteiger partial charge is 0.469 e. The minimum atomic E-state index is -0.166. The van der Waals surface area contributed by atoms with Crippen LogP contribution < -0.4 is 5.32 Å². The van der Waals surface area contributed by atoms with E-state index in [0.717, 1.165) is 11.1 Å². The fourth-order valence-corrected chi connectivity index (χ4v) is 1.80. The molecule has 4 nitrogen and oxygen atoms in total. The maximum absolute atomic E-state index is 11.9. The molecule has 0 saturated heterocycles. The summed E-state index contributed by atoms with van der Waals surface area (Å²) in [7, 11) is 0. The third-order valence-electron chi connectivity index (χ3n) is 2.80. The van der Waals surface area contributed by atoms with Gasteiger partial charge in [-0.25, -0.2) is 0 Å². The molecular formula is C16H15NO3. The van der Waals surface area contributed by atoms with Crippen LogP contribution in [0.15, 0.2) is 41.0 Å². The molecule has 1 aromatic heterocycles. The fourth-order valence-electron chi connectivity index (χ4n) is 1.80. The summed E-state index contributed by atoms with van der Waals surface area (Å²) in [4.78, 5) is 11.9. The zero-order chi connectivity index (χ0) is 14.4. The van der Waals surface area contributed by atoms with E-state index in [1.807, 2.05) is 24.3 Å². The van der Waals surface area contributed by atoms with Crippen LogP contribution >= 0.6 is 0 Å². The van der Waals surface area contributed by atoms with E-state index in [-0.39, 0.29) is 12.5 Å². The van der Waals surface area contributed by atoms with Crippen LogP contribution in [-0.4, -0.2) is 17.6 Å². The number of amides is 1. The zero-order valence-electron chi connectivity index (χ0n) is 11.1. The number of rotatable bonds is 3. The van der Waals surface area contributed by atoms with Gasteiger partial charge in [0.2, 0.25) is 0 Å². The Labute approximate surface area is 117 Å². The first-order chi connectivity index (χ1) is 9.70. The summed E-state index contributed by atoms with van der Waals surface area (Å²) in [6, 6.07) is 9.16. The van der Waals surface area contributed by atoms with Gasteiger partial charge in [-0.05, 0) is 30.7 Å². The summed E-state index contributed by atoms with van der Waals surface area (Å²) in [5.41, 5.74) is 2.30. The van der Waals surface area contributed by atoms with Gasteiger partial charge in [-0.1, -0.05) is 24.0 Å². The average Bonchev–Trinajstić information content (AvgIpc) is 2.89. The quantitative estimate of drug-likeness (QED) is 0.836. The van der Waals surface area contributed by atoms with E-state index in [1.54, 1.807) is 13.0 Å². The van der Waals surface area contributed by atoms with Gasteiger partial charge >= 0.3 is 0 Å². The summed E-state index contributed by atoms with van der Waals surface area (Å²) in [5, 5.41) is 11.5. The van der Waals surface area contributed by atoms with Crippen molar-refractivity contribution in [1.29, 1.82) is 0 Å². The van der Waals surface area contributed by atoms with Crippen molar-refractivity contribution in [1.82, 2.24) is 5.32 Å². The molecular weight excluding hydrogens is 254 g/mol. The molecule has 0 spiro atoms. The molecule has 0 atom stereocenters. The Hall–Kier alpha value is -2.51. The van der Waals surface area contributed by atoms with Crippen molar-refractivity contribution in [3.8, 4) is 11.8 Å². The third kappa shape index (κ3) is 3.50. The van der Waals surface area contributed by atoms with E-state index in [2.05, 4.69) is 17.2 Å². The lowest BCUT2D eigenvalue weighted by Gasteiger charge is -2.05. The Kier molecular flexibility index (Phi) is 4.59. The number of hydrogen-bond donors (Lipinski definition) is 2. The molecule has 0 bridgehead atoms. The molecule has 1 aromatic carbocycles. The molecule has 0 unspecified atom stereocenters. The monoisotopic (exact) mass is 269 g/mol. The predicted molar refractivity (Wildman–Crippen MR) is 75.0 cm³/mol. The highest BCUT2D eigenvalue weighted by Gasteiger charge is 2.10. The molecule has 102 valence electrons. The van der Waals surface area contributed by atoms with Crippen molar-refractivity contribution in [3.05, 3.63) is 59.0 Å². The van der Waals surface area contributed by atoms with Gasteiger partial charge < -0.3 is 14.8 Å². The van der Waals surface area contributed by atoms with Crippen molar-refractivity contribution in [2.45, 2.75) is 13.5 Å². The van der Waals surface area contributed by atoms with E-state index < -0.39 is 0 Å². The SMILES string of the molecule is Cc1occc1C(=O)NCc1cccc(C#CCO)c1. The van der Waals surface area contributed by atoms with Gasteiger partial charge in [0.25, 0.3) is 5.91 Å². The van der Waals surface area contributed by atoms with Crippen LogP contribution in [-0.2, 0) is 6.54 Å². The summed E-state index contributed by atoms with van der Waals surface area (Å²) in [6.07, 6.45) is 1.50. The Morgan fingerprint density at radius 1 is 1.40 bits per heavy atom. The lowest BCUT2D eigenvalue weighted by molar-refractivity contribution is 0.0949. The maximum Gasteiger partial charge on any atom is 0.255 e. The van der Waals surface area contributed by atoms with Gasteiger partial charge in [0.1, 0.15) is 12.4 Å². The molecule has 0 saturated carbocycles. The molecule has 2 rings (SSSR count). The van der Waals surface area contributed by atoms with Crippen molar-refractivity contribution in [2.24, 2.45) is 0 Å². The summed E-state index contributed by atoms with van der Waals surface area (Å²) in [5.74, 6) is 5.86. The summed E-state index contributed by atoms with van der Waals surface area (Å²) >= 11 is 0. The molecule has 1 amide bonds. The standard InChI is InChI=1S/C16H15NO3/c1-12-15(7-9-20-12)16(19)17-11-14-5-2-4-13(10-14)6-3-8-18/h2,4-5,7,9-10,18H,8,11H2,1H3,(H,17,19). The number of benzene rings is 1. The molecule has 1 heterocycles. The van der Waals surface area contributed by atoms with Gasteiger partial charge in [0.05, 0.1) is 11.8 Å². The fraction of sp³-hybridized carbons (Fsp3) is 0.188. The number of nitrogens with one attached hydrogen (secondary N) is 1. The van der Waals surface area contributed by atoms with Crippen LogP contribution in [0.2, 0.25) is 0 Å². The molecule has 0 radical (unpaired) electrons. The second kappa shape index (κ2) is 6.60. The minimum Gasteiger partial charge on any atom is -0.469 e. The topological polar surface area (TPSA) is 62.5 Å². The number of furan rings is 1. The number of carbonyl (C=O) groups is 1. The highest BCUT2D eigenvalue weighted by atomic mass is 16.3. The second-order valence-corrected chi connectivity index (χ2v) is 4.23. The Bertz CT molecular complexity index is 662. The molecule has 0 aliphatic carbocycles. The molecule has 0 aliphatic heterocycles. The van der Waals surface area contributed by atoms with E-state index in [9.17, 15) is 4.79 Å². The Morgan fingerprint density at radius 3 is 2.95 bits per heavy atom. The van der Waals surface area contributed by atoms with Crippen molar-refractivity contribution in [3.63, 3.8) is 0 Å². The molecule has 2 aromatic rings. The Balaban J connectivity index is 2.01. The maximum atomic E-state index is 11.9. The van der Waals surface area contributed by atoms with Gasteiger partial charge in [0.15, 0.2) is 0 Å². The normalized spacial score (nSPS) is 9.70. The van der Waals surface area contributed by atoms with E-state index >= 15 is 0 Å². The molecule has 2 N–H and O–H groups in total. The van der Waals surface area contributed by atoms with E-state index in [4.69, 9.17) is 9.52 Å². The van der Waals surface area contributed by atoms with Gasteiger partial charge in [-0.3, -0.25) is 4.79 Å². The lowest BCUT2D eigenvalue weighted by Crippen LogP contribution is -2.22. The third-order valence-corrected chi connectivity index (χ3v) is 2.80. The summed E-state index contributed by atoms with van der Waals surface area (Å²) in [6.45, 7) is 2.00. The Morgan fingerprint density at radius 2 is 2.25 bits per heavy atom. The van der Waals surface area contributed by atoms with Gasteiger partial charge in [-0.15, -0.1) is 0 Å². The molecule has 4 heteroatoms. The smallest absolute Gasteiger partial charge is 0.255 e. The molecule has 0 fully saturated rings. The van der Waals surface area contributed by atoms with Crippen LogP contribution in [0.3, 0.4) is 0 Å². The second-order valence-electron chi connectivity index (χ2n) is 4.23. The van der Waals surface area contributed by atoms with E-state index in [0.29, 0.717) is 17.9 Å². The highest BCUT2D eigenvalue weighted by Crippen LogP contribution is 2.09. The lowest BCUT2D eigenvalue weighted by atomic mass is 10.1. The molecule has 0 aliphatic rings. The number of aryl methyl sites for hydroxylation is 1. The van der Waals surface area contributed by atoms with E-state index in [1.165, 1.54) is 6.26 Å². The first-order valence-electron chi connectivity index (χ1n) is 6.21. The van der Waals surface area contributed by atoms with Crippen molar-refractivity contribution in [2.75, 3.05) is 6.61 Å². The summed E-state index contributed by atoms with van der Waals surface area (Å²) < 4.78 is 5.10. The first-order valence-corrected chi connectivity index (χ1v) is 6.21. The molecule has 20 heavy (non-hydrogen) atoms. The first kappa shape index (κ1) is 13.9. The van der Waals surface area contributed by atoms with Crippen LogP contribution in [0.4, 0.5) is 0 Å². The van der Waals surface area contributed by atoms with Crippen LogP contribution in [0, 0.1) is 18.8 Å². The number of aliphatic hydroxyl groups is 1. The van der Waals surface area contributed by atoms with Gasteiger partial charge in [-0.2, -0.15) is 0 Å². The average molecular weight is 269 g/mol. The van der Waals surface area contributed by atoms with Crippen molar-refractivity contribution < 1.29 is 14.3 Å². The zero-order valence-corrected chi connectivity index (χ0v) is 11.1. The van der Waals surface area contributed by atoms with Crippen LogP contribution in [0.25, 0.3) is 0 Å². The number of hydrogen-bond acceptors (Lipinski definition) is 3. The van der Waals surface area contributed by atoms with Gasteiger partial charge in [0, 0.05) is 12.1 Å². The highest BCUT2D eigenvalue weighted by molar-refractivity contribution is 5.94.